The second-order valence-corrected chi connectivity index (χ2v) is 2.70. The Labute approximate surface area is 62.6 Å². The minimum atomic E-state index is -0.178. The summed E-state index contributed by atoms with van der Waals surface area (Å²) in [6.07, 6.45) is 2.29. The van der Waals surface area contributed by atoms with Gasteiger partial charge in [-0.15, -0.1) is 0 Å². The summed E-state index contributed by atoms with van der Waals surface area (Å²) in [6.45, 7) is 6.23. The highest BCUT2D eigenvalue weighted by Crippen LogP contribution is 2.04. The van der Waals surface area contributed by atoms with E-state index >= 15 is 0 Å². The van der Waals surface area contributed by atoms with Crippen molar-refractivity contribution in [1.29, 1.82) is 0 Å². The molecular weight excluding hydrogens is 128 g/mol. The van der Waals surface area contributed by atoms with Crippen LogP contribution in [0.2, 0.25) is 0 Å². The molecule has 2 nitrogen and oxygen atoms in total. The molecule has 0 aromatic rings. The van der Waals surface area contributed by atoms with Crippen molar-refractivity contribution in [2.24, 2.45) is 5.92 Å². The minimum absolute atomic E-state index is 0.178. The van der Waals surface area contributed by atoms with E-state index in [-0.39, 0.29) is 5.97 Å². The summed E-state index contributed by atoms with van der Waals surface area (Å²) in [4.78, 5) is 10.3. The molecule has 0 unspecified atom stereocenters. The van der Waals surface area contributed by atoms with Crippen molar-refractivity contribution in [1.82, 2.24) is 0 Å². The van der Waals surface area contributed by atoms with Crippen molar-refractivity contribution in [3.63, 3.8) is 0 Å². The largest absolute Gasteiger partial charge is 0.466 e. The summed E-state index contributed by atoms with van der Waals surface area (Å²) in [6, 6.07) is 0. The number of esters is 1. The van der Waals surface area contributed by atoms with Crippen LogP contribution in [0.15, 0.2) is 0 Å². The average molecular weight is 144 g/mol. The summed E-state index contributed by atoms with van der Waals surface area (Å²) in [7, 11) is 0. The van der Waals surface area contributed by atoms with E-state index in [2.05, 4.69) is 13.8 Å². The first-order valence-corrected chi connectivity index (χ1v) is 3.80. The summed E-state index contributed by atoms with van der Waals surface area (Å²) < 4.78 is 4.82. The molecule has 0 aromatic carbocycles. The van der Waals surface area contributed by atoms with Crippen molar-refractivity contribution < 1.29 is 9.53 Å². The molecule has 0 saturated heterocycles. The van der Waals surface area contributed by atoms with Crippen molar-refractivity contribution in [3.05, 3.63) is 0 Å². The Balaban J connectivity index is 3.21. The lowest BCUT2D eigenvalue weighted by Gasteiger charge is -2.08. The highest BCUT2D eigenvalue weighted by molar-refractivity contribution is 5.65. The number of hydrogen-bond acceptors (Lipinski definition) is 2. The van der Waals surface area contributed by atoms with Crippen molar-refractivity contribution >= 4 is 5.97 Å². The molecule has 0 amide bonds. The SMILES string of the molecule is CCC[C@@H](C)COC(C)=O. The molecule has 1 atom stereocenters. The fraction of sp³-hybridized carbons (Fsp3) is 0.875. The lowest BCUT2D eigenvalue weighted by Crippen LogP contribution is -2.08. The van der Waals surface area contributed by atoms with E-state index in [0.717, 1.165) is 12.8 Å². The zero-order valence-corrected chi connectivity index (χ0v) is 7.02. The molecule has 0 heterocycles. The lowest BCUT2D eigenvalue weighted by atomic mass is 10.1. The molecule has 0 saturated carbocycles. The monoisotopic (exact) mass is 144 g/mol. The normalized spacial score (nSPS) is 12.7. The molecule has 0 bridgehead atoms. The number of carbonyl (C=O) groups excluding carboxylic acids is 1. The van der Waals surface area contributed by atoms with Crippen molar-refractivity contribution in [3.8, 4) is 0 Å². The Hall–Kier alpha value is -0.530. The number of rotatable bonds is 4. The van der Waals surface area contributed by atoms with Gasteiger partial charge in [-0.1, -0.05) is 20.3 Å². The topological polar surface area (TPSA) is 26.3 Å². The van der Waals surface area contributed by atoms with Gasteiger partial charge in [-0.2, -0.15) is 0 Å². The van der Waals surface area contributed by atoms with Gasteiger partial charge in [0.25, 0.3) is 0 Å². The van der Waals surface area contributed by atoms with Crippen LogP contribution in [0.3, 0.4) is 0 Å². The van der Waals surface area contributed by atoms with Gasteiger partial charge in [0.2, 0.25) is 0 Å². The van der Waals surface area contributed by atoms with Crippen LogP contribution in [-0.2, 0) is 9.53 Å². The predicted molar refractivity (Wildman–Crippen MR) is 40.7 cm³/mol. The molecule has 10 heavy (non-hydrogen) atoms. The van der Waals surface area contributed by atoms with E-state index in [0.29, 0.717) is 12.5 Å². The molecular formula is C8H16O2. The van der Waals surface area contributed by atoms with Gasteiger partial charge in [-0.05, 0) is 12.3 Å². The first-order valence-electron chi connectivity index (χ1n) is 3.80. The third-order valence-electron chi connectivity index (χ3n) is 1.35. The summed E-state index contributed by atoms with van der Waals surface area (Å²) in [5, 5.41) is 0. The first-order chi connectivity index (χ1) is 4.66. The molecule has 0 N–H and O–H groups in total. The average Bonchev–Trinajstić information content (AvgIpc) is 1.85. The minimum Gasteiger partial charge on any atom is -0.466 e. The van der Waals surface area contributed by atoms with Crippen molar-refractivity contribution in [2.45, 2.75) is 33.6 Å². The van der Waals surface area contributed by atoms with E-state index in [1.807, 2.05) is 0 Å². The third kappa shape index (κ3) is 5.60. The predicted octanol–water partition coefficient (Wildman–Crippen LogP) is 1.99. The van der Waals surface area contributed by atoms with Gasteiger partial charge in [0.15, 0.2) is 0 Å². The highest BCUT2D eigenvalue weighted by Gasteiger charge is 2.01. The van der Waals surface area contributed by atoms with E-state index in [4.69, 9.17) is 4.74 Å². The lowest BCUT2D eigenvalue weighted by molar-refractivity contribution is -0.142. The maximum absolute atomic E-state index is 10.3. The molecule has 0 aliphatic heterocycles. The Kier molecular flexibility index (Phi) is 4.99. The van der Waals surface area contributed by atoms with Crippen LogP contribution in [0, 0.1) is 5.92 Å². The summed E-state index contributed by atoms with van der Waals surface area (Å²) >= 11 is 0. The number of ether oxygens (including phenoxy) is 1. The second kappa shape index (κ2) is 5.27. The van der Waals surface area contributed by atoms with Gasteiger partial charge in [-0.3, -0.25) is 4.79 Å². The summed E-state index contributed by atoms with van der Waals surface area (Å²) in [5.74, 6) is 0.330. The van der Waals surface area contributed by atoms with E-state index in [1.165, 1.54) is 6.92 Å². The molecule has 0 aliphatic rings. The third-order valence-corrected chi connectivity index (χ3v) is 1.35. The second-order valence-electron chi connectivity index (χ2n) is 2.70. The maximum Gasteiger partial charge on any atom is 0.302 e. The quantitative estimate of drug-likeness (QED) is 0.564. The number of carbonyl (C=O) groups is 1. The van der Waals surface area contributed by atoms with Crippen LogP contribution in [0.1, 0.15) is 33.6 Å². The summed E-state index contributed by atoms with van der Waals surface area (Å²) in [5.41, 5.74) is 0. The Morgan fingerprint density at radius 1 is 1.60 bits per heavy atom. The van der Waals surface area contributed by atoms with Crippen LogP contribution in [0.25, 0.3) is 0 Å². The highest BCUT2D eigenvalue weighted by atomic mass is 16.5. The molecule has 0 radical (unpaired) electrons. The van der Waals surface area contributed by atoms with Gasteiger partial charge in [-0.25, -0.2) is 0 Å². The van der Waals surface area contributed by atoms with Gasteiger partial charge >= 0.3 is 5.97 Å². The van der Waals surface area contributed by atoms with E-state index in [9.17, 15) is 4.79 Å². The maximum atomic E-state index is 10.3. The first kappa shape index (κ1) is 9.47. The molecule has 0 aliphatic carbocycles. The molecule has 0 spiro atoms. The van der Waals surface area contributed by atoms with Crippen LogP contribution in [-0.4, -0.2) is 12.6 Å². The van der Waals surface area contributed by atoms with Crippen LogP contribution in [0.4, 0.5) is 0 Å². The zero-order valence-electron chi connectivity index (χ0n) is 7.02. The molecule has 0 fully saturated rings. The van der Waals surface area contributed by atoms with Crippen LogP contribution in [0.5, 0.6) is 0 Å². The molecule has 0 rings (SSSR count). The van der Waals surface area contributed by atoms with Gasteiger partial charge in [0.05, 0.1) is 6.61 Å². The van der Waals surface area contributed by atoms with E-state index in [1.54, 1.807) is 0 Å². The van der Waals surface area contributed by atoms with Crippen LogP contribution < -0.4 is 0 Å². The fourth-order valence-corrected chi connectivity index (χ4v) is 0.836. The van der Waals surface area contributed by atoms with Gasteiger partial charge in [0.1, 0.15) is 0 Å². The smallest absolute Gasteiger partial charge is 0.302 e. The zero-order chi connectivity index (χ0) is 7.98. The molecule has 60 valence electrons. The van der Waals surface area contributed by atoms with Crippen molar-refractivity contribution in [2.75, 3.05) is 6.61 Å². The Bertz CT molecular complexity index is 99.4. The molecule has 0 aromatic heterocycles. The van der Waals surface area contributed by atoms with Crippen LogP contribution >= 0.6 is 0 Å². The number of hydrogen-bond donors (Lipinski definition) is 0. The standard InChI is InChI=1S/C8H16O2/c1-4-5-7(2)6-10-8(3)9/h7H,4-6H2,1-3H3/t7-/m1/s1. The van der Waals surface area contributed by atoms with Gasteiger partial charge < -0.3 is 4.74 Å². The van der Waals surface area contributed by atoms with E-state index < -0.39 is 0 Å². The Morgan fingerprint density at radius 2 is 2.20 bits per heavy atom. The Morgan fingerprint density at radius 3 is 2.60 bits per heavy atom. The van der Waals surface area contributed by atoms with Gasteiger partial charge in [0, 0.05) is 6.92 Å². The fourth-order valence-electron chi connectivity index (χ4n) is 0.836. The molecule has 2 heteroatoms.